The molecule has 1 fully saturated rings. The maximum absolute atomic E-state index is 14.3. The molecule has 0 saturated heterocycles. The lowest BCUT2D eigenvalue weighted by molar-refractivity contribution is -0.137. The summed E-state index contributed by atoms with van der Waals surface area (Å²) in [6.45, 7) is 0. The maximum atomic E-state index is 14.3. The molecule has 2 unspecified atom stereocenters. The lowest BCUT2D eigenvalue weighted by atomic mass is 9.96. The molecule has 1 aliphatic carbocycles. The number of alkyl halides is 7. The van der Waals surface area contributed by atoms with Crippen LogP contribution in [0.2, 0.25) is 10.0 Å². The monoisotopic (exact) mass is 517 g/mol. The minimum atomic E-state index is -4.77. The van der Waals surface area contributed by atoms with Crippen LogP contribution in [0.3, 0.4) is 0 Å². The van der Waals surface area contributed by atoms with E-state index in [2.05, 4.69) is 10.1 Å². The molecular formula is C18H12Cl3F6N5. The maximum Gasteiger partial charge on any atom is 0.416 e. The Kier molecular flexibility index (Phi) is 6.12. The number of hydrogen-bond donors (Lipinski definition) is 0. The van der Waals surface area contributed by atoms with E-state index < -0.39 is 62.2 Å². The van der Waals surface area contributed by atoms with Gasteiger partial charge in [0.2, 0.25) is 0 Å². The predicted octanol–water partition coefficient (Wildman–Crippen LogP) is 6.10. The Balaban J connectivity index is 2.37. The SMILES string of the molecule is CN(C)/C=N\c1c(C2(C(F)Cl)CC2(F)F)c(C#N)nn1-c1c(Cl)cc(C(F)(F)F)cc1Cl. The number of nitrogens with zero attached hydrogens (tertiary/aromatic N) is 5. The molecule has 0 N–H and O–H groups in total. The quantitative estimate of drug-likeness (QED) is 0.208. The van der Waals surface area contributed by atoms with Gasteiger partial charge in [0.1, 0.15) is 17.2 Å². The topological polar surface area (TPSA) is 57.2 Å². The number of hydrogen-bond acceptors (Lipinski definition) is 3. The smallest absolute Gasteiger partial charge is 0.369 e. The summed E-state index contributed by atoms with van der Waals surface area (Å²) in [5, 5.41) is 12.3. The predicted molar refractivity (Wildman–Crippen MR) is 107 cm³/mol. The average Bonchev–Trinajstić information content (AvgIpc) is 3.06. The van der Waals surface area contributed by atoms with Gasteiger partial charge in [-0.1, -0.05) is 34.8 Å². The summed E-state index contributed by atoms with van der Waals surface area (Å²) in [4.78, 5) is 5.41. The van der Waals surface area contributed by atoms with E-state index in [4.69, 9.17) is 34.8 Å². The van der Waals surface area contributed by atoms with Crippen LogP contribution < -0.4 is 0 Å². The van der Waals surface area contributed by atoms with Crippen molar-refractivity contribution in [3.05, 3.63) is 39.0 Å². The molecule has 5 nitrogen and oxygen atoms in total. The molecule has 0 amide bonds. The second-order valence-corrected chi connectivity index (χ2v) is 8.42. The van der Waals surface area contributed by atoms with Crippen molar-refractivity contribution in [3.63, 3.8) is 0 Å². The van der Waals surface area contributed by atoms with Crippen molar-refractivity contribution in [1.29, 1.82) is 5.26 Å². The molecule has 172 valence electrons. The molecular weight excluding hydrogens is 507 g/mol. The van der Waals surface area contributed by atoms with Gasteiger partial charge in [0, 0.05) is 20.5 Å². The Morgan fingerprint density at radius 1 is 1.28 bits per heavy atom. The van der Waals surface area contributed by atoms with Crippen molar-refractivity contribution in [2.75, 3.05) is 14.1 Å². The molecule has 1 aliphatic rings. The summed E-state index contributed by atoms with van der Waals surface area (Å²) < 4.78 is 82.9. The summed E-state index contributed by atoms with van der Waals surface area (Å²) in [5.74, 6) is -4.09. The van der Waals surface area contributed by atoms with Crippen LogP contribution in [0.5, 0.6) is 0 Å². The fourth-order valence-corrected chi connectivity index (χ4v) is 4.19. The average molecular weight is 519 g/mol. The van der Waals surface area contributed by atoms with E-state index >= 15 is 0 Å². The number of halogens is 9. The molecule has 2 atom stereocenters. The fraction of sp³-hybridized carbons (Fsp3) is 0.389. The Hall–Kier alpha value is -2.16. The number of benzene rings is 1. The molecule has 3 rings (SSSR count). The van der Waals surface area contributed by atoms with Crippen LogP contribution >= 0.6 is 34.8 Å². The molecule has 1 heterocycles. The lowest BCUT2D eigenvalue weighted by Crippen LogP contribution is -2.25. The van der Waals surface area contributed by atoms with Crippen molar-refractivity contribution in [3.8, 4) is 11.8 Å². The van der Waals surface area contributed by atoms with Crippen molar-refractivity contribution in [2.45, 2.75) is 29.6 Å². The first-order valence-corrected chi connectivity index (χ1v) is 9.83. The molecule has 32 heavy (non-hydrogen) atoms. The van der Waals surface area contributed by atoms with Crippen LogP contribution in [0.1, 0.15) is 23.2 Å². The van der Waals surface area contributed by atoms with E-state index in [1.54, 1.807) is 6.07 Å². The zero-order chi connectivity index (χ0) is 24.2. The molecule has 0 bridgehead atoms. The van der Waals surface area contributed by atoms with E-state index in [1.165, 1.54) is 19.0 Å². The highest BCUT2D eigenvalue weighted by molar-refractivity contribution is 6.38. The number of aromatic nitrogens is 2. The number of nitriles is 1. The van der Waals surface area contributed by atoms with Crippen molar-refractivity contribution < 1.29 is 26.3 Å². The lowest BCUT2D eigenvalue weighted by Gasteiger charge is -2.18. The normalized spacial score (nSPS) is 20.9. The summed E-state index contributed by atoms with van der Waals surface area (Å²) >= 11 is 17.5. The van der Waals surface area contributed by atoms with Gasteiger partial charge in [-0.3, -0.25) is 0 Å². The third kappa shape index (κ3) is 3.89. The van der Waals surface area contributed by atoms with Gasteiger partial charge >= 0.3 is 6.18 Å². The minimum Gasteiger partial charge on any atom is -0.369 e. The third-order valence-electron chi connectivity index (χ3n) is 4.78. The van der Waals surface area contributed by atoms with Gasteiger partial charge in [0.25, 0.3) is 5.92 Å². The van der Waals surface area contributed by atoms with Crippen LogP contribution in [0.4, 0.5) is 32.2 Å². The molecule has 0 spiro atoms. The third-order valence-corrected chi connectivity index (χ3v) is 5.73. The van der Waals surface area contributed by atoms with Gasteiger partial charge in [-0.05, 0) is 12.1 Å². The van der Waals surface area contributed by atoms with Gasteiger partial charge in [-0.15, -0.1) is 0 Å². The van der Waals surface area contributed by atoms with E-state index in [1.807, 2.05) is 0 Å². The molecule has 1 aromatic carbocycles. The molecule has 0 radical (unpaired) electrons. The largest absolute Gasteiger partial charge is 0.416 e. The highest BCUT2D eigenvalue weighted by Crippen LogP contribution is 2.67. The minimum absolute atomic E-state index is 0.362. The first kappa shape index (κ1) is 24.5. The second-order valence-electron chi connectivity index (χ2n) is 7.22. The van der Waals surface area contributed by atoms with Crippen LogP contribution in [0.15, 0.2) is 17.1 Å². The summed E-state index contributed by atoms with van der Waals surface area (Å²) in [6.07, 6.45) is -4.66. The van der Waals surface area contributed by atoms with Crippen LogP contribution in [-0.4, -0.2) is 46.7 Å². The van der Waals surface area contributed by atoms with Gasteiger partial charge in [-0.25, -0.2) is 22.8 Å². The van der Waals surface area contributed by atoms with E-state index in [0.29, 0.717) is 12.1 Å². The van der Waals surface area contributed by atoms with Gasteiger partial charge in [-0.2, -0.15) is 23.5 Å². The van der Waals surface area contributed by atoms with E-state index in [0.717, 1.165) is 11.0 Å². The highest BCUT2D eigenvalue weighted by Gasteiger charge is 2.78. The Labute approximate surface area is 192 Å². The molecule has 0 aliphatic heterocycles. The van der Waals surface area contributed by atoms with Gasteiger partial charge < -0.3 is 4.90 Å². The van der Waals surface area contributed by atoms with Gasteiger partial charge in [0.05, 0.1) is 27.5 Å². The fourth-order valence-electron chi connectivity index (χ4n) is 3.20. The first-order valence-electron chi connectivity index (χ1n) is 8.64. The van der Waals surface area contributed by atoms with Crippen molar-refractivity contribution in [1.82, 2.24) is 14.7 Å². The number of rotatable bonds is 5. The molecule has 2 aromatic rings. The summed E-state index contributed by atoms with van der Waals surface area (Å²) in [7, 11) is 3.07. The van der Waals surface area contributed by atoms with Gasteiger partial charge in [0.15, 0.2) is 17.1 Å². The Bertz CT molecular complexity index is 1110. The van der Waals surface area contributed by atoms with Crippen LogP contribution in [-0.2, 0) is 11.6 Å². The molecule has 1 aromatic heterocycles. The van der Waals surface area contributed by atoms with Crippen LogP contribution in [0.25, 0.3) is 5.69 Å². The number of aliphatic imine (C=N–C) groups is 1. The second kappa shape index (κ2) is 8.01. The molecule has 1 saturated carbocycles. The van der Waals surface area contributed by atoms with E-state index in [-0.39, 0.29) is 5.69 Å². The van der Waals surface area contributed by atoms with Crippen molar-refractivity contribution in [2.24, 2.45) is 4.99 Å². The van der Waals surface area contributed by atoms with Crippen molar-refractivity contribution >= 4 is 47.0 Å². The van der Waals surface area contributed by atoms with Crippen LogP contribution in [0, 0.1) is 11.3 Å². The summed E-state index contributed by atoms with van der Waals surface area (Å²) in [6, 6.07) is 2.69. The zero-order valence-corrected chi connectivity index (χ0v) is 18.4. The van der Waals surface area contributed by atoms with E-state index in [9.17, 15) is 31.6 Å². The zero-order valence-electron chi connectivity index (χ0n) is 16.2. The Morgan fingerprint density at radius 2 is 1.81 bits per heavy atom. The highest BCUT2D eigenvalue weighted by atomic mass is 35.5. The Morgan fingerprint density at radius 3 is 2.19 bits per heavy atom. The first-order chi connectivity index (χ1) is 14.7. The molecule has 14 heteroatoms. The summed E-state index contributed by atoms with van der Waals surface area (Å²) in [5.41, 5.74) is -8.01. The standard InChI is InChI=1S/C18H12Cl3F6N5/c1-31(2)7-29-14-12(16(15(21)22)6-17(16,23)24)11(5-28)30-32(14)13-9(19)3-8(4-10(13)20)18(25,26)27/h3-4,7,15H,6H2,1-2H3/b29-7-.